The van der Waals surface area contributed by atoms with Gasteiger partial charge in [-0.2, -0.15) is 5.46 Å². The molecule has 2 nitrogen and oxygen atoms in total. The molecule has 34 heavy (non-hydrogen) atoms. The molecule has 0 unspecified atom stereocenters. The standard InChI is InChI=1S/C29H52BN2P2/c1-23-20-24(2)32(31-23)30(25-18-16-15-17-19-25,21-33(26(3,4)5)27(6,7)8)22-34(28(9,10)11)29(12,13)14/h15-20H,21-22H2,1-14H3/q-1. The smallest absolute Gasteiger partial charge is 0.148 e. The number of hydrogen-bond donors (Lipinski definition) is 0. The molecule has 0 saturated carbocycles. The van der Waals surface area contributed by atoms with Crippen molar-refractivity contribution in [1.82, 2.24) is 9.69 Å². The number of nitrogens with zero attached hydrogens (tertiary/aromatic N) is 2. The van der Waals surface area contributed by atoms with Crippen LogP contribution in [0.25, 0.3) is 0 Å². The van der Waals surface area contributed by atoms with Crippen LogP contribution in [0.4, 0.5) is 0 Å². The summed E-state index contributed by atoms with van der Waals surface area (Å²) in [5.41, 5.74) is 3.92. The van der Waals surface area contributed by atoms with Crippen LogP contribution in [-0.2, 0) is 0 Å². The van der Waals surface area contributed by atoms with Gasteiger partial charge in [0.2, 0.25) is 0 Å². The molecule has 0 aliphatic heterocycles. The molecule has 0 aliphatic carbocycles. The third-order valence-corrected chi connectivity index (χ3v) is 15.6. The van der Waals surface area contributed by atoms with Crippen molar-refractivity contribution < 1.29 is 0 Å². The number of rotatable bonds is 6. The van der Waals surface area contributed by atoms with Gasteiger partial charge < -0.3 is 4.59 Å². The first-order valence-electron chi connectivity index (χ1n) is 13.0. The van der Waals surface area contributed by atoms with Gasteiger partial charge in [-0.3, -0.25) is 0 Å². The van der Waals surface area contributed by atoms with E-state index in [2.05, 4.69) is 138 Å². The highest BCUT2D eigenvalue weighted by Gasteiger charge is 2.45. The number of aromatic nitrogens is 2. The van der Waals surface area contributed by atoms with Gasteiger partial charge in [-0.15, -0.1) is 28.0 Å². The molecule has 0 saturated heterocycles. The summed E-state index contributed by atoms with van der Waals surface area (Å²) in [6.07, 6.45) is -1.12. The average Bonchev–Trinajstić information content (AvgIpc) is 2.97. The van der Waals surface area contributed by atoms with Gasteiger partial charge in [0, 0.05) is 0 Å². The van der Waals surface area contributed by atoms with Crippen LogP contribution in [0, 0.1) is 13.8 Å². The normalized spacial score (nSPS) is 14.4. The van der Waals surface area contributed by atoms with Crippen LogP contribution < -0.4 is 5.46 Å². The van der Waals surface area contributed by atoms with Crippen molar-refractivity contribution >= 4 is 27.6 Å². The Bertz CT molecular complexity index is 876. The second-order valence-corrected chi connectivity index (χ2v) is 22.2. The van der Waals surface area contributed by atoms with E-state index in [0.29, 0.717) is 0 Å². The highest BCUT2D eigenvalue weighted by atomic mass is 31.1. The second-order valence-electron chi connectivity index (χ2n) is 14.4. The van der Waals surface area contributed by atoms with Crippen molar-refractivity contribution in [3.8, 4) is 0 Å². The maximum atomic E-state index is 5.26. The Labute approximate surface area is 214 Å². The molecule has 0 radical (unpaired) electrons. The van der Waals surface area contributed by atoms with E-state index < -0.39 is 6.28 Å². The summed E-state index contributed by atoms with van der Waals surface area (Å²) < 4.78 is 2.50. The molecule has 192 valence electrons. The van der Waals surface area contributed by atoms with Crippen molar-refractivity contribution in [3.63, 3.8) is 0 Å². The minimum absolute atomic E-state index is 0.262. The summed E-state index contributed by atoms with van der Waals surface area (Å²) in [5, 5.41) is 6.31. The highest BCUT2D eigenvalue weighted by Crippen LogP contribution is 2.64. The molecule has 1 aromatic heterocycles. The Hall–Kier alpha value is -0.645. The molecule has 5 heteroatoms. The minimum Gasteiger partial charge on any atom is -0.438 e. The first-order valence-corrected chi connectivity index (χ1v) is 16.1. The maximum Gasteiger partial charge on any atom is 0.148 e. The van der Waals surface area contributed by atoms with Crippen LogP contribution in [0.3, 0.4) is 0 Å². The molecule has 0 aliphatic rings. The van der Waals surface area contributed by atoms with Crippen molar-refractivity contribution in [1.29, 1.82) is 0 Å². The first kappa shape index (κ1) is 29.6. The highest BCUT2D eigenvalue weighted by molar-refractivity contribution is 7.67. The summed E-state index contributed by atoms with van der Waals surface area (Å²) in [6.45, 7) is 34.0. The zero-order valence-electron chi connectivity index (χ0n) is 24.7. The lowest BCUT2D eigenvalue weighted by Crippen LogP contribution is -2.64. The van der Waals surface area contributed by atoms with Gasteiger partial charge in [-0.25, -0.2) is 5.10 Å². The zero-order valence-corrected chi connectivity index (χ0v) is 26.5. The van der Waals surface area contributed by atoms with Crippen LogP contribution in [0.1, 0.15) is 94.5 Å². The predicted octanol–water partition coefficient (Wildman–Crippen LogP) is 8.44. The van der Waals surface area contributed by atoms with Crippen molar-refractivity contribution in [2.75, 3.05) is 12.1 Å². The summed E-state index contributed by atoms with van der Waals surface area (Å²) in [4.78, 5) is 0. The topological polar surface area (TPSA) is 17.8 Å². The number of hydrogen-bond acceptors (Lipinski definition) is 1. The molecule has 0 N–H and O–H groups in total. The van der Waals surface area contributed by atoms with E-state index in [1.807, 2.05) is 0 Å². The number of aryl methyl sites for hydroxylation is 2. The summed E-state index contributed by atoms with van der Waals surface area (Å²) in [5.74, 6) is 0. The lowest BCUT2D eigenvalue weighted by Gasteiger charge is -2.56. The molecule has 2 rings (SSSR count). The van der Waals surface area contributed by atoms with Gasteiger partial charge in [-0.05, 0) is 46.2 Å². The van der Waals surface area contributed by atoms with E-state index in [9.17, 15) is 0 Å². The predicted molar refractivity (Wildman–Crippen MR) is 162 cm³/mol. The Morgan fingerprint density at radius 3 is 1.35 bits per heavy atom. The Morgan fingerprint density at radius 2 is 1.06 bits per heavy atom. The largest absolute Gasteiger partial charge is 0.438 e. The third kappa shape index (κ3) is 6.76. The van der Waals surface area contributed by atoms with Crippen LogP contribution in [-0.4, -0.2) is 48.7 Å². The molecular formula is C29H52BN2P2-. The Kier molecular flexibility index (Phi) is 8.72. The van der Waals surface area contributed by atoms with Crippen LogP contribution >= 0.6 is 15.8 Å². The van der Waals surface area contributed by atoms with Gasteiger partial charge in [0.15, 0.2) is 0 Å². The van der Waals surface area contributed by atoms with Crippen molar-refractivity contribution in [2.45, 2.75) is 118 Å². The van der Waals surface area contributed by atoms with E-state index in [1.165, 1.54) is 23.3 Å². The Balaban J connectivity index is 2.95. The fourth-order valence-electron chi connectivity index (χ4n) is 6.23. The van der Waals surface area contributed by atoms with Crippen molar-refractivity contribution in [2.24, 2.45) is 0 Å². The summed E-state index contributed by atoms with van der Waals surface area (Å²) in [7, 11) is -0.612. The molecule has 0 amide bonds. The molecule has 0 bridgehead atoms. The third-order valence-electron chi connectivity index (χ3n) is 7.14. The van der Waals surface area contributed by atoms with E-state index in [4.69, 9.17) is 5.10 Å². The van der Waals surface area contributed by atoms with E-state index in [0.717, 1.165) is 5.69 Å². The van der Waals surface area contributed by atoms with E-state index in [-0.39, 0.29) is 36.5 Å². The molecule has 0 fully saturated rings. The monoisotopic (exact) mass is 501 g/mol. The fraction of sp³-hybridized carbons (Fsp3) is 0.690. The summed E-state index contributed by atoms with van der Waals surface area (Å²) in [6, 6.07) is 16.1. The fourth-order valence-corrected chi connectivity index (χ4v) is 14.9. The number of benzene rings is 1. The SMILES string of the molecule is Cc1cc(C)n([B-](CP(C(C)(C)C)C(C)(C)C)(CP(C(C)(C)C)C(C)(C)C)c2ccccc2)n1. The lowest BCUT2D eigenvalue weighted by atomic mass is 9.34. The van der Waals surface area contributed by atoms with Crippen LogP contribution in [0.15, 0.2) is 36.4 Å². The minimum atomic E-state index is -1.12. The van der Waals surface area contributed by atoms with Gasteiger partial charge >= 0.3 is 0 Å². The van der Waals surface area contributed by atoms with Crippen LogP contribution in [0.2, 0.25) is 0 Å². The second kappa shape index (κ2) is 10.0. The molecular weight excluding hydrogens is 449 g/mol. The van der Waals surface area contributed by atoms with Gasteiger partial charge in [0.05, 0.1) is 5.69 Å². The molecule has 2 aromatic rings. The van der Waals surface area contributed by atoms with E-state index >= 15 is 0 Å². The quantitative estimate of drug-likeness (QED) is 0.287. The molecule has 1 aromatic carbocycles. The van der Waals surface area contributed by atoms with Gasteiger partial charge in [0.1, 0.15) is 6.28 Å². The molecule has 0 atom stereocenters. The first-order chi connectivity index (χ1) is 15.2. The van der Waals surface area contributed by atoms with Crippen LogP contribution in [0.5, 0.6) is 0 Å². The molecule has 0 spiro atoms. The molecule has 1 heterocycles. The summed E-state index contributed by atoms with van der Waals surface area (Å²) >= 11 is 0. The average molecular weight is 502 g/mol. The zero-order chi connectivity index (χ0) is 26.3. The maximum absolute atomic E-state index is 5.26. The van der Waals surface area contributed by atoms with E-state index in [1.54, 1.807) is 0 Å². The van der Waals surface area contributed by atoms with Gasteiger partial charge in [0.25, 0.3) is 0 Å². The Morgan fingerprint density at radius 1 is 0.676 bits per heavy atom. The lowest BCUT2D eigenvalue weighted by molar-refractivity contribution is 0.704. The van der Waals surface area contributed by atoms with Gasteiger partial charge in [-0.1, -0.05) is 113 Å². The van der Waals surface area contributed by atoms with Crippen molar-refractivity contribution in [3.05, 3.63) is 47.8 Å².